The maximum atomic E-state index is 12.1. The fourth-order valence-corrected chi connectivity index (χ4v) is 2.86. The van der Waals surface area contributed by atoms with Crippen LogP contribution in [-0.4, -0.2) is 35.4 Å². The van der Waals surface area contributed by atoms with Crippen LogP contribution in [0.1, 0.15) is 62.9 Å². The van der Waals surface area contributed by atoms with Crippen molar-refractivity contribution >= 4 is 17.6 Å². The first-order valence-corrected chi connectivity index (χ1v) is 7.74. The van der Waals surface area contributed by atoms with Crippen LogP contribution in [-0.2, 0) is 4.74 Å². The molecule has 1 aliphatic heterocycles. The quantitative estimate of drug-likeness (QED) is 0.864. The smallest absolute Gasteiger partial charge is 0.345 e. The van der Waals surface area contributed by atoms with Gasteiger partial charge in [-0.05, 0) is 39.5 Å². The van der Waals surface area contributed by atoms with Gasteiger partial charge in [-0.25, -0.2) is 9.48 Å². The van der Waals surface area contributed by atoms with Crippen LogP contribution in [0.4, 0.5) is 11.6 Å². The van der Waals surface area contributed by atoms with Crippen molar-refractivity contribution < 1.29 is 9.53 Å². The molecule has 1 fully saturated rings. The van der Waals surface area contributed by atoms with Gasteiger partial charge >= 0.3 is 5.97 Å². The Morgan fingerprint density at radius 1 is 1.52 bits per heavy atom. The van der Waals surface area contributed by atoms with Crippen LogP contribution in [0.2, 0.25) is 0 Å². The minimum absolute atomic E-state index is 0.155. The molecule has 0 aliphatic carbocycles. The van der Waals surface area contributed by atoms with Crippen molar-refractivity contribution in [1.82, 2.24) is 9.78 Å². The summed E-state index contributed by atoms with van der Waals surface area (Å²) in [4.78, 5) is 14.3. The van der Waals surface area contributed by atoms with E-state index >= 15 is 0 Å². The maximum Gasteiger partial charge on any atom is 0.345 e. The third kappa shape index (κ3) is 2.84. The van der Waals surface area contributed by atoms with Crippen LogP contribution in [0.25, 0.3) is 0 Å². The number of hydrogen-bond acceptors (Lipinski definition) is 5. The van der Waals surface area contributed by atoms with Crippen molar-refractivity contribution in [1.29, 1.82) is 0 Å². The summed E-state index contributed by atoms with van der Waals surface area (Å²) in [5.74, 6) is 0.672. The molecule has 0 bridgehead atoms. The molecule has 1 aromatic rings. The molecule has 21 heavy (non-hydrogen) atoms. The minimum Gasteiger partial charge on any atom is -0.465 e. The Bertz CT molecular complexity index is 512. The van der Waals surface area contributed by atoms with E-state index in [0.29, 0.717) is 23.2 Å². The number of carbonyl (C=O) groups excluding carboxylic acids is 1. The molecule has 2 atom stereocenters. The Balaban J connectivity index is 2.49. The van der Waals surface area contributed by atoms with Crippen LogP contribution in [0, 0.1) is 0 Å². The van der Waals surface area contributed by atoms with Crippen LogP contribution in [0.15, 0.2) is 0 Å². The molecule has 0 radical (unpaired) electrons. The number of methoxy groups -OCH3 is 1. The second kappa shape index (κ2) is 6.37. The van der Waals surface area contributed by atoms with Gasteiger partial charge in [-0.15, -0.1) is 0 Å². The largest absolute Gasteiger partial charge is 0.465 e. The molecule has 6 heteroatoms. The van der Waals surface area contributed by atoms with Crippen LogP contribution < -0.4 is 10.6 Å². The van der Waals surface area contributed by atoms with Gasteiger partial charge in [-0.2, -0.15) is 5.10 Å². The molecule has 0 saturated carbocycles. The summed E-state index contributed by atoms with van der Waals surface area (Å²) in [5, 5.41) is 4.64. The van der Waals surface area contributed by atoms with E-state index in [1.165, 1.54) is 13.5 Å². The Hall–Kier alpha value is -1.72. The number of carbonyl (C=O) groups is 1. The van der Waals surface area contributed by atoms with Crippen molar-refractivity contribution in [3.8, 4) is 0 Å². The lowest BCUT2D eigenvalue weighted by Crippen LogP contribution is -2.38. The summed E-state index contributed by atoms with van der Waals surface area (Å²) in [6, 6.07) is 0.518. The molecule has 118 valence electrons. The molecule has 2 heterocycles. The van der Waals surface area contributed by atoms with Crippen LogP contribution >= 0.6 is 0 Å². The van der Waals surface area contributed by atoms with E-state index in [1.54, 1.807) is 4.68 Å². The van der Waals surface area contributed by atoms with Gasteiger partial charge < -0.3 is 15.4 Å². The summed E-state index contributed by atoms with van der Waals surface area (Å²) in [6.07, 6.45) is 4.34. The highest BCUT2D eigenvalue weighted by atomic mass is 16.5. The molecule has 2 rings (SSSR count). The summed E-state index contributed by atoms with van der Waals surface area (Å²) in [5.41, 5.74) is 6.59. The number of ether oxygens (including phenoxy) is 1. The molecule has 0 aromatic carbocycles. The van der Waals surface area contributed by atoms with Gasteiger partial charge in [0.2, 0.25) is 0 Å². The number of anilines is 2. The Morgan fingerprint density at radius 3 is 2.81 bits per heavy atom. The average Bonchev–Trinajstić information content (AvgIpc) is 2.83. The molecule has 2 unspecified atom stereocenters. The summed E-state index contributed by atoms with van der Waals surface area (Å²) < 4.78 is 6.66. The molecule has 1 aliphatic rings. The highest BCUT2D eigenvalue weighted by Crippen LogP contribution is 2.32. The van der Waals surface area contributed by atoms with E-state index in [1.807, 2.05) is 6.92 Å². The maximum absolute atomic E-state index is 12.1. The summed E-state index contributed by atoms with van der Waals surface area (Å²) >= 11 is 0. The van der Waals surface area contributed by atoms with Crippen molar-refractivity contribution in [2.45, 2.75) is 58.5 Å². The molecule has 1 saturated heterocycles. The zero-order valence-corrected chi connectivity index (χ0v) is 13.4. The normalized spacial score (nSPS) is 20.4. The lowest BCUT2D eigenvalue weighted by molar-refractivity contribution is 0.0602. The second-order valence-electron chi connectivity index (χ2n) is 5.82. The number of aromatic nitrogens is 2. The summed E-state index contributed by atoms with van der Waals surface area (Å²) in [7, 11) is 1.38. The third-order valence-electron chi connectivity index (χ3n) is 4.40. The third-order valence-corrected chi connectivity index (χ3v) is 4.40. The van der Waals surface area contributed by atoms with Gasteiger partial charge in [0.1, 0.15) is 11.4 Å². The molecule has 0 amide bonds. The number of nitrogens with two attached hydrogens (primary N) is 1. The van der Waals surface area contributed by atoms with Gasteiger partial charge in [0.15, 0.2) is 5.82 Å². The monoisotopic (exact) mass is 294 g/mol. The number of piperidine rings is 1. The molecule has 6 nitrogen and oxygen atoms in total. The van der Waals surface area contributed by atoms with E-state index in [9.17, 15) is 4.79 Å². The topological polar surface area (TPSA) is 73.4 Å². The Kier molecular flexibility index (Phi) is 4.75. The minimum atomic E-state index is -0.408. The van der Waals surface area contributed by atoms with E-state index in [0.717, 1.165) is 25.8 Å². The fraction of sp³-hybridized carbons (Fsp3) is 0.733. The zero-order valence-electron chi connectivity index (χ0n) is 13.4. The first-order valence-electron chi connectivity index (χ1n) is 7.74. The lowest BCUT2D eigenvalue weighted by atomic mass is 10.0. The molecule has 1 aromatic heterocycles. The number of nitrogens with zero attached hydrogens (tertiary/aromatic N) is 3. The molecule has 0 spiro atoms. The molecular formula is C15H26N4O2. The van der Waals surface area contributed by atoms with Crippen LogP contribution in [0.5, 0.6) is 0 Å². The van der Waals surface area contributed by atoms with Crippen molar-refractivity contribution in [2.24, 2.45) is 0 Å². The average molecular weight is 294 g/mol. The van der Waals surface area contributed by atoms with E-state index in [4.69, 9.17) is 10.5 Å². The van der Waals surface area contributed by atoms with E-state index < -0.39 is 5.97 Å². The molecule has 2 N–H and O–H groups in total. The highest BCUT2D eigenvalue weighted by molar-refractivity contribution is 5.99. The van der Waals surface area contributed by atoms with Crippen molar-refractivity contribution in [3.63, 3.8) is 0 Å². The zero-order chi connectivity index (χ0) is 15.6. The van der Waals surface area contributed by atoms with Gasteiger partial charge in [0.05, 0.1) is 13.2 Å². The summed E-state index contributed by atoms with van der Waals surface area (Å²) in [6.45, 7) is 7.20. The first kappa shape index (κ1) is 15.7. The van der Waals surface area contributed by atoms with Crippen LogP contribution in [0.3, 0.4) is 0 Å². The lowest BCUT2D eigenvalue weighted by Gasteiger charge is -2.34. The highest BCUT2D eigenvalue weighted by Gasteiger charge is 2.31. The van der Waals surface area contributed by atoms with E-state index in [-0.39, 0.29) is 6.04 Å². The van der Waals surface area contributed by atoms with Crippen molar-refractivity contribution in [3.05, 3.63) is 5.56 Å². The van der Waals surface area contributed by atoms with E-state index in [2.05, 4.69) is 23.8 Å². The van der Waals surface area contributed by atoms with Gasteiger partial charge in [0, 0.05) is 12.6 Å². The van der Waals surface area contributed by atoms with Gasteiger partial charge in [-0.1, -0.05) is 6.92 Å². The molecular weight excluding hydrogens is 268 g/mol. The van der Waals surface area contributed by atoms with Crippen molar-refractivity contribution in [2.75, 3.05) is 24.3 Å². The number of esters is 1. The fourth-order valence-electron chi connectivity index (χ4n) is 2.86. The number of hydrogen-bond donors (Lipinski definition) is 1. The van der Waals surface area contributed by atoms with Gasteiger partial charge in [-0.3, -0.25) is 0 Å². The first-order chi connectivity index (χ1) is 10.0. The predicted octanol–water partition coefficient (Wildman–Crippen LogP) is 2.60. The second-order valence-corrected chi connectivity index (χ2v) is 5.82. The SMILES string of the molecule is CCC(C)n1nc(N2CCCCC2C)c(C(=O)OC)c1N. The van der Waals surface area contributed by atoms with Gasteiger partial charge in [0.25, 0.3) is 0 Å². The number of rotatable bonds is 4. The Labute approximate surface area is 126 Å². The standard InChI is InChI=1S/C15H26N4O2/c1-5-10(2)19-13(16)12(15(20)21-4)14(17-19)18-9-7-6-8-11(18)3/h10-11H,5-9,16H2,1-4H3. The number of nitrogen functional groups attached to an aromatic ring is 1. The predicted molar refractivity (Wildman–Crippen MR) is 83.6 cm³/mol. The Morgan fingerprint density at radius 2 is 2.24 bits per heavy atom.